The molecule has 2 heterocycles. The third kappa shape index (κ3) is 4.96. The van der Waals surface area contributed by atoms with Crippen LogP contribution in [0.25, 0.3) is 0 Å². The average molecular weight is 398 g/mol. The molecule has 29 heavy (non-hydrogen) atoms. The number of carbonyl (C=O) groups is 2. The number of methoxy groups -OCH3 is 1. The van der Waals surface area contributed by atoms with Crippen molar-refractivity contribution in [2.24, 2.45) is 4.99 Å². The van der Waals surface area contributed by atoms with Crippen LogP contribution in [0.4, 0.5) is 5.69 Å². The number of anilines is 1. The van der Waals surface area contributed by atoms with Gasteiger partial charge in [-0.2, -0.15) is 0 Å². The minimum absolute atomic E-state index is 0.184. The first-order chi connectivity index (χ1) is 14.0. The molecule has 154 valence electrons. The van der Waals surface area contributed by atoms with Crippen molar-refractivity contribution in [2.75, 3.05) is 25.6 Å². The van der Waals surface area contributed by atoms with Crippen LogP contribution in [0.15, 0.2) is 39.7 Å². The summed E-state index contributed by atoms with van der Waals surface area (Å²) in [6.07, 6.45) is 1.54. The molecule has 3 rings (SSSR count). The van der Waals surface area contributed by atoms with Gasteiger partial charge in [-0.25, -0.2) is 4.79 Å². The van der Waals surface area contributed by atoms with Gasteiger partial charge in [0.1, 0.15) is 17.1 Å². The predicted octanol–water partition coefficient (Wildman–Crippen LogP) is 2.37. The zero-order chi connectivity index (χ0) is 20.8. The Kier molecular flexibility index (Phi) is 6.54. The summed E-state index contributed by atoms with van der Waals surface area (Å²) in [5.74, 6) is 1.51. The van der Waals surface area contributed by atoms with Gasteiger partial charge in [0.15, 0.2) is 5.96 Å². The Bertz CT molecular complexity index is 902. The summed E-state index contributed by atoms with van der Waals surface area (Å²) in [5.41, 5.74) is 2.43. The number of furan rings is 1. The van der Waals surface area contributed by atoms with E-state index in [1.165, 1.54) is 7.11 Å². The van der Waals surface area contributed by atoms with Crippen molar-refractivity contribution in [3.63, 3.8) is 0 Å². The van der Waals surface area contributed by atoms with Crippen molar-refractivity contribution >= 4 is 23.5 Å². The number of aryl methyl sites for hydroxylation is 1. The number of nitrogens with one attached hydrogen (secondary N) is 2. The van der Waals surface area contributed by atoms with E-state index >= 15 is 0 Å². The molecular formula is C21H26N4O4. The molecule has 1 amide bonds. The Balaban J connectivity index is 1.52. The number of rotatable bonds is 6. The van der Waals surface area contributed by atoms with Crippen LogP contribution in [0.1, 0.15) is 40.3 Å². The number of benzene rings is 1. The SMILES string of the molecule is CN=C(NCc1ccc(N2CCCC2=O)cc1)NCc1cc(C(=O)OC)c(C)o1. The van der Waals surface area contributed by atoms with Crippen molar-refractivity contribution < 1.29 is 18.7 Å². The Morgan fingerprint density at radius 3 is 2.59 bits per heavy atom. The molecule has 1 fully saturated rings. The Hall–Kier alpha value is -3.29. The van der Waals surface area contributed by atoms with E-state index in [0.717, 1.165) is 24.2 Å². The fourth-order valence-corrected chi connectivity index (χ4v) is 3.24. The van der Waals surface area contributed by atoms with Gasteiger partial charge in [0.05, 0.1) is 13.7 Å². The summed E-state index contributed by atoms with van der Waals surface area (Å²) in [4.78, 5) is 29.5. The summed E-state index contributed by atoms with van der Waals surface area (Å²) < 4.78 is 10.3. The molecule has 1 saturated heterocycles. The van der Waals surface area contributed by atoms with Crippen LogP contribution in [0.5, 0.6) is 0 Å². The summed E-state index contributed by atoms with van der Waals surface area (Å²) in [5, 5.41) is 6.39. The maximum absolute atomic E-state index is 11.8. The molecular weight excluding hydrogens is 372 g/mol. The van der Waals surface area contributed by atoms with Crippen LogP contribution in [0, 0.1) is 6.92 Å². The molecule has 0 bridgehead atoms. The number of aliphatic imine (C=N–C) groups is 1. The second kappa shape index (κ2) is 9.27. The van der Waals surface area contributed by atoms with Gasteiger partial charge in [-0.05, 0) is 37.1 Å². The Labute approximate surface area is 169 Å². The molecule has 0 radical (unpaired) electrons. The van der Waals surface area contributed by atoms with Crippen molar-refractivity contribution in [3.8, 4) is 0 Å². The summed E-state index contributed by atoms with van der Waals surface area (Å²) in [7, 11) is 3.03. The lowest BCUT2D eigenvalue weighted by Crippen LogP contribution is -2.36. The quantitative estimate of drug-likeness (QED) is 0.441. The van der Waals surface area contributed by atoms with Gasteiger partial charge in [-0.3, -0.25) is 9.79 Å². The number of carbonyl (C=O) groups excluding carboxylic acids is 2. The first-order valence-electron chi connectivity index (χ1n) is 9.53. The number of ether oxygens (including phenoxy) is 1. The second-order valence-corrected chi connectivity index (χ2v) is 6.77. The molecule has 1 aliphatic rings. The third-order valence-electron chi connectivity index (χ3n) is 4.81. The van der Waals surface area contributed by atoms with Gasteiger partial charge in [-0.1, -0.05) is 12.1 Å². The van der Waals surface area contributed by atoms with E-state index in [1.54, 1.807) is 20.0 Å². The van der Waals surface area contributed by atoms with Crippen LogP contribution < -0.4 is 15.5 Å². The smallest absolute Gasteiger partial charge is 0.341 e. The van der Waals surface area contributed by atoms with Crippen LogP contribution in [-0.4, -0.2) is 38.5 Å². The fraction of sp³-hybridized carbons (Fsp3) is 0.381. The lowest BCUT2D eigenvalue weighted by Gasteiger charge is -2.16. The van der Waals surface area contributed by atoms with E-state index in [0.29, 0.717) is 42.6 Å². The lowest BCUT2D eigenvalue weighted by molar-refractivity contribution is -0.117. The van der Waals surface area contributed by atoms with Crippen molar-refractivity contribution in [1.29, 1.82) is 0 Å². The van der Waals surface area contributed by atoms with Gasteiger partial charge >= 0.3 is 5.97 Å². The zero-order valence-corrected chi connectivity index (χ0v) is 16.9. The summed E-state index contributed by atoms with van der Waals surface area (Å²) in [6.45, 7) is 3.48. The fourth-order valence-electron chi connectivity index (χ4n) is 3.24. The van der Waals surface area contributed by atoms with E-state index in [-0.39, 0.29) is 5.91 Å². The van der Waals surface area contributed by atoms with E-state index in [1.807, 2.05) is 29.2 Å². The molecule has 1 aliphatic heterocycles. The molecule has 0 unspecified atom stereocenters. The number of guanidine groups is 1. The molecule has 0 spiro atoms. The van der Waals surface area contributed by atoms with E-state index in [2.05, 4.69) is 15.6 Å². The molecule has 1 aromatic heterocycles. The van der Waals surface area contributed by atoms with Crippen molar-refractivity contribution in [1.82, 2.24) is 10.6 Å². The minimum atomic E-state index is -0.418. The third-order valence-corrected chi connectivity index (χ3v) is 4.81. The maximum atomic E-state index is 11.8. The number of hydrogen-bond acceptors (Lipinski definition) is 5. The maximum Gasteiger partial charge on any atom is 0.341 e. The zero-order valence-electron chi connectivity index (χ0n) is 16.9. The highest BCUT2D eigenvalue weighted by atomic mass is 16.5. The number of nitrogens with zero attached hydrogens (tertiary/aromatic N) is 2. The molecule has 1 aromatic carbocycles. The highest BCUT2D eigenvalue weighted by Gasteiger charge is 2.21. The first-order valence-corrected chi connectivity index (χ1v) is 9.53. The highest BCUT2D eigenvalue weighted by molar-refractivity contribution is 5.95. The monoisotopic (exact) mass is 398 g/mol. The minimum Gasteiger partial charge on any atom is -0.465 e. The Morgan fingerprint density at radius 1 is 1.24 bits per heavy atom. The number of amides is 1. The van der Waals surface area contributed by atoms with Crippen molar-refractivity contribution in [2.45, 2.75) is 32.9 Å². The van der Waals surface area contributed by atoms with Crippen LogP contribution in [0.3, 0.4) is 0 Å². The topological polar surface area (TPSA) is 96.2 Å². The lowest BCUT2D eigenvalue weighted by atomic mass is 10.2. The van der Waals surface area contributed by atoms with Gasteiger partial charge in [0, 0.05) is 32.2 Å². The van der Waals surface area contributed by atoms with Crippen LogP contribution >= 0.6 is 0 Å². The predicted molar refractivity (Wildman–Crippen MR) is 110 cm³/mol. The molecule has 8 nitrogen and oxygen atoms in total. The van der Waals surface area contributed by atoms with E-state index < -0.39 is 5.97 Å². The summed E-state index contributed by atoms with van der Waals surface area (Å²) in [6, 6.07) is 9.60. The molecule has 0 aliphatic carbocycles. The normalized spacial score (nSPS) is 14.2. The first kappa shape index (κ1) is 20.4. The van der Waals surface area contributed by atoms with E-state index in [9.17, 15) is 9.59 Å². The molecule has 8 heteroatoms. The summed E-state index contributed by atoms with van der Waals surface area (Å²) >= 11 is 0. The number of esters is 1. The van der Waals surface area contributed by atoms with Gasteiger partial charge in [0.25, 0.3) is 0 Å². The van der Waals surface area contributed by atoms with Crippen molar-refractivity contribution in [3.05, 3.63) is 53.0 Å². The van der Waals surface area contributed by atoms with Crippen LogP contribution in [-0.2, 0) is 22.6 Å². The molecule has 2 aromatic rings. The standard InChI is InChI=1S/C21H26N4O4/c1-14-18(20(27)28-3)11-17(29-14)13-24-21(22-2)23-12-15-6-8-16(9-7-15)25-10-4-5-19(25)26/h6-9,11H,4-5,10,12-13H2,1-3H3,(H2,22,23,24). The van der Waals surface area contributed by atoms with Crippen LogP contribution in [0.2, 0.25) is 0 Å². The van der Waals surface area contributed by atoms with Gasteiger partial charge in [0.2, 0.25) is 5.91 Å². The Morgan fingerprint density at radius 2 is 1.97 bits per heavy atom. The second-order valence-electron chi connectivity index (χ2n) is 6.77. The average Bonchev–Trinajstić information content (AvgIpc) is 3.33. The molecule has 0 atom stereocenters. The largest absolute Gasteiger partial charge is 0.465 e. The number of hydrogen-bond donors (Lipinski definition) is 2. The van der Waals surface area contributed by atoms with E-state index in [4.69, 9.17) is 9.15 Å². The highest BCUT2D eigenvalue weighted by Crippen LogP contribution is 2.21. The van der Waals surface area contributed by atoms with Gasteiger partial charge in [-0.15, -0.1) is 0 Å². The van der Waals surface area contributed by atoms with Gasteiger partial charge < -0.3 is 24.7 Å². The molecule has 0 saturated carbocycles. The molecule has 2 N–H and O–H groups in total.